The van der Waals surface area contributed by atoms with Gasteiger partial charge in [0.05, 0.1) is 11.4 Å². The number of nitrogens with zero attached hydrogens (tertiary/aromatic N) is 8. The van der Waals surface area contributed by atoms with Crippen molar-refractivity contribution in [3.05, 3.63) is 41.3 Å². The molecule has 2 amide bonds. The fourth-order valence-electron chi connectivity index (χ4n) is 4.53. The Morgan fingerprint density at radius 3 is 1.76 bits per heavy atom. The highest BCUT2D eigenvalue weighted by atomic mass is 32.1. The van der Waals surface area contributed by atoms with Crippen LogP contribution in [0.15, 0.2) is 34.8 Å². The van der Waals surface area contributed by atoms with Crippen LogP contribution in [0.5, 0.6) is 0 Å². The van der Waals surface area contributed by atoms with Crippen LogP contribution >= 0.6 is 11.5 Å². The van der Waals surface area contributed by atoms with Crippen LogP contribution in [0.2, 0.25) is 0 Å². The third kappa shape index (κ3) is 8.67. The molecule has 2 aromatic heterocycles. The number of rotatable bonds is 17. The van der Waals surface area contributed by atoms with E-state index in [0.29, 0.717) is 59.5 Å². The Labute approximate surface area is 253 Å². The van der Waals surface area contributed by atoms with Crippen molar-refractivity contribution in [2.24, 2.45) is 10.2 Å². The molecule has 0 bridgehead atoms. The molecule has 12 heteroatoms. The molecule has 0 saturated heterocycles. The monoisotopic (exact) mass is 595 g/mol. The standard InChI is InChI=1S/C30H45N9O2S/c1-6-10-14-37(15-11-7-2)28(40)23-18-24(29(41)38(16-12-8-3)17-13-9-4)20-25(19-23)39-27(31)26(22(5)36-39)34-35-30-32-21-33-42-30/h18-21H,6-17,31H2,1-5H3. The van der Waals surface area contributed by atoms with E-state index in [9.17, 15) is 9.59 Å². The van der Waals surface area contributed by atoms with Crippen LogP contribution in [-0.4, -0.2) is 66.9 Å². The van der Waals surface area contributed by atoms with E-state index < -0.39 is 0 Å². The smallest absolute Gasteiger partial charge is 0.253 e. The number of carbonyl (C=O) groups is 2. The molecule has 1 aromatic carbocycles. The normalized spacial score (nSPS) is 11.4. The molecule has 0 unspecified atom stereocenters. The van der Waals surface area contributed by atoms with E-state index >= 15 is 0 Å². The highest BCUT2D eigenvalue weighted by Crippen LogP contribution is 2.31. The average molecular weight is 596 g/mol. The molecule has 0 atom stereocenters. The lowest BCUT2D eigenvalue weighted by molar-refractivity contribution is 0.0749. The van der Waals surface area contributed by atoms with Gasteiger partial charge in [0.25, 0.3) is 11.8 Å². The van der Waals surface area contributed by atoms with Crippen molar-refractivity contribution in [2.45, 2.75) is 86.0 Å². The first-order valence-electron chi connectivity index (χ1n) is 15.1. The molecule has 42 heavy (non-hydrogen) atoms. The molecule has 11 nitrogen and oxygen atoms in total. The van der Waals surface area contributed by atoms with Crippen molar-refractivity contribution >= 4 is 40.0 Å². The van der Waals surface area contributed by atoms with Gasteiger partial charge in [-0.3, -0.25) is 9.59 Å². The van der Waals surface area contributed by atoms with E-state index in [2.05, 4.69) is 52.4 Å². The molecular weight excluding hydrogens is 550 g/mol. The van der Waals surface area contributed by atoms with Crippen molar-refractivity contribution in [1.82, 2.24) is 28.9 Å². The summed E-state index contributed by atoms with van der Waals surface area (Å²) in [4.78, 5) is 35.6. The van der Waals surface area contributed by atoms with Gasteiger partial charge in [0.15, 0.2) is 11.5 Å². The molecule has 3 aromatic rings. The Morgan fingerprint density at radius 1 is 0.833 bits per heavy atom. The van der Waals surface area contributed by atoms with Crippen molar-refractivity contribution in [2.75, 3.05) is 31.9 Å². The third-order valence-corrected chi connectivity index (χ3v) is 7.56. The average Bonchev–Trinajstić information content (AvgIpc) is 3.62. The van der Waals surface area contributed by atoms with E-state index in [-0.39, 0.29) is 17.6 Å². The maximum absolute atomic E-state index is 13.9. The molecule has 0 aliphatic heterocycles. The second-order valence-electron chi connectivity index (χ2n) is 10.4. The third-order valence-electron chi connectivity index (χ3n) is 7.01. The van der Waals surface area contributed by atoms with Gasteiger partial charge in [0.1, 0.15) is 6.33 Å². The lowest BCUT2D eigenvalue weighted by Crippen LogP contribution is -2.35. The number of anilines is 1. The summed E-state index contributed by atoms with van der Waals surface area (Å²) in [6.07, 6.45) is 9.01. The number of nitrogens with two attached hydrogens (primary N) is 1. The number of aryl methyl sites for hydroxylation is 1. The molecule has 0 aliphatic rings. The number of unbranched alkanes of at least 4 members (excludes halogenated alkanes) is 4. The van der Waals surface area contributed by atoms with Gasteiger partial charge >= 0.3 is 0 Å². The molecule has 2 N–H and O–H groups in total. The highest BCUT2D eigenvalue weighted by molar-refractivity contribution is 7.09. The zero-order valence-corrected chi connectivity index (χ0v) is 26.5. The quantitative estimate of drug-likeness (QED) is 0.165. The minimum absolute atomic E-state index is 0.0971. The molecular formula is C30H45N9O2S. The van der Waals surface area contributed by atoms with Gasteiger partial charge in [-0.1, -0.05) is 53.4 Å². The summed E-state index contributed by atoms with van der Waals surface area (Å²) < 4.78 is 5.47. The van der Waals surface area contributed by atoms with Crippen LogP contribution in [-0.2, 0) is 0 Å². The largest absolute Gasteiger partial charge is 0.382 e. The van der Waals surface area contributed by atoms with Crippen LogP contribution in [0.25, 0.3) is 5.69 Å². The lowest BCUT2D eigenvalue weighted by atomic mass is 10.1. The highest BCUT2D eigenvalue weighted by Gasteiger charge is 2.23. The summed E-state index contributed by atoms with van der Waals surface area (Å²) >= 11 is 1.12. The van der Waals surface area contributed by atoms with Crippen molar-refractivity contribution < 1.29 is 9.59 Å². The summed E-state index contributed by atoms with van der Waals surface area (Å²) in [5, 5.41) is 13.4. The topological polar surface area (TPSA) is 135 Å². The Morgan fingerprint density at radius 2 is 1.33 bits per heavy atom. The number of nitrogen functional groups attached to an aromatic ring is 1. The summed E-state index contributed by atoms with van der Waals surface area (Å²) in [6, 6.07) is 5.26. The first-order chi connectivity index (χ1) is 20.3. The van der Waals surface area contributed by atoms with Crippen LogP contribution in [0, 0.1) is 6.92 Å². The number of hydrogen-bond acceptors (Lipinski definition) is 9. The van der Waals surface area contributed by atoms with Gasteiger partial charge < -0.3 is 15.5 Å². The molecule has 0 radical (unpaired) electrons. The molecule has 3 rings (SSSR count). The molecule has 0 aliphatic carbocycles. The lowest BCUT2D eigenvalue weighted by Gasteiger charge is -2.25. The van der Waals surface area contributed by atoms with Gasteiger partial charge in [0.2, 0.25) is 5.13 Å². The first-order valence-corrected chi connectivity index (χ1v) is 15.9. The Hall–Kier alpha value is -3.67. The Balaban J connectivity index is 2.10. The number of azo groups is 1. The molecule has 228 valence electrons. The second kappa shape index (κ2) is 16.7. The molecule has 0 fully saturated rings. The van der Waals surface area contributed by atoms with Gasteiger partial charge in [-0.15, -0.1) is 10.2 Å². The number of carbonyl (C=O) groups excluding carboxylic acids is 2. The maximum atomic E-state index is 13.9. The zero-order valence-electron chi connectivity index (χ0n) is 25.7. The van der Waals surface area contributed by atoms with E-state index in [1.807, 2.05) is 9.80 Å². The molecule has 2 heterocycles. The fourth-order valence-corrected chi connectivity index (χ4v) is 4.89. The van der Waals surface area contributed by atoms with Crippen LogP contribution < -0.4 is 5.73 Å². The summed E-state index contributed by atoms with van der Waals surface area (Å²) in [6.45, 7) is 12.9. The number of benzene rings is 1. The minimum atomic E-state index is -0.0971. The summed E-state index contributed by atoms with van der Waals surface area (Å²) in [7, 11) is 0. The Bertz CT molecular complexity index is 1250. The van der Waals surface area contributed by atoms with Crippen molar-refractivity contribution in [1.29, 1.82) is 0 Å². The van der Waals surface area contributed by atoms with E-state index in [0.717, 1.165) is 62.9 Å². The number of hydrogen-bond donors (Lipinski definition) is 1. The van der Waals surface area contributed by atoms with E-state index in [1.165, 1.54) is 11.0 Å². The first kappa shape index (κ1) is 32.8. The van der Waals surface area contributed by atoms with Crippen LogP contribution in [0.4, 0.5) is 16.6 Å². The van der Waals surface area contributed by atoms with E-state index in [1.54, 1.807) is 25.1 Å². The molecule has 0 saturated carbocycles. The van der Waals surface area contributed by atoms with Gasteiger partial charge in [-0.05, 0) is 50.8 Å². The SMILES string of the molecule is CCCCN(CCCC)C(=O)c1cc(C(=O)N(CCCC)CCCC)cc(-n2nc(C)c(N=Nc3ncns3)c2N)c1. The van der Waals surface area contributed by atoms with Crippen molar-refractivity contribution in [3.63, 3.8) is 0 Å². The fraction of sp³-hybridized carbons (Fsp3) is 0.567. The molecule has 0 spiro atoms. The second-order valence-corrected chi connectivity index (χ2v) is 11.2. The van der Waals surface area contributed by atoms with Crippen LogP contribution in [0.1, 0.15) is 105 Å². The summed E-state index contributed by atoms with van der Waals surface area (Å²) in [5.41, 5.74) is 8.91. The number of aromatic nitrogens is 4. The van der Waals surface area contributed by atoms with Crippen LogP contribution in [0.3, 0.4) is 0 Å². The van der Waals surface area contributed by atoms with Gasteiger partial charge in [0, 0.05) is 48.8 Å². The predicted octanol–water partition coefficient (Wildman–Crippen LogP) is 7.11. The van der Waals surface area contributed by atoms with Gasteiger partial charge in [-0.25, -0.2) is 9.67 Å². The maximum Gasteiger partial charge on any atom is 0.253 e. The predicted molar refractivity (Wildman–Crippen MR) is 168 cm³/mol. The van der Waals surface area contributed by atoms with E-state index in [4.69, 9.17) is 5.73 Å². The van der Waals surface area contributed by atoms with Gasteiger partial charge in [-0.2, -0.15) is 9.47 Å². The Kier molecular flexibility index (Phi) is 13.1. The zero-order chi connectivity index (χ0) is 30.5. The summed E-state index contributed by atoms with van der Waals surface area (Å²) in [5.74, 6) is 0.0617. The number of amides is 2. The van der Waals surface area contributed by atoms with Crippen molar-refractivity contribution in [3.8, 4) is 5.69 Å². The minimum Gasteiger partial charge on any atom is -0.382 e.